The number of hydrogen-bond acceptors (Lipinski definition) is 8. The van der Waals surface area contributed by atoms with Crippen molar-refractivity contribution in [3.63, 3.8) is 0 Å². The number of hydroxylamine groups is 1. The standard InChI is InChI=1S/C36H46N4O7/c41-33(39-45)16-5-3-4-10-23-46-30-13-11-12-29(24-30)36(44)38-37-25-27-19-21-28(22-20-27)26-40-31-14-8-9-15-32(31)47-35(43)18-7-2-1-6-17-34(40)42/h1-2,11-13,19-22,24-25,31-32,45H,3-10,14-18,23,26H2,(H,38,44)(H,39,41)/b2-1+,37-25+/t31-,32-/m1/s1. The monoisotopic (exact) mass is 646 g/mol. The summed E-state index contributed by atoms with van der Waals surface area (Å²) in [5.41, 5.74) is 6.36. The van der Waals surface area contributed by atoms with Crippen LogP contribution in [0.15, 0.2) is 65.8 Å². The van der Waals surface area contributed by atoms with Gasteiger partial charge in [0.05, 0.1) is 18.9 Å². The van der Waals surface area contributed by atoms with E-state index in [1.807, 2.05) is 41.3 Å². The molecule has 1 aliphatic heterocycles. The topological polar surface area (TPSA) is 147 Å². The van der Waals surface area contributed by atoms with E-state index in [-0.39, 0.29) is 35.8 Å². The number of carbonyl (C=O) groups is 4. The van der Waals surface area contributed by atoms with Gasteiger partial charge in [0.15, 0.2) is 0 Å². The van der Waals surface area contributed by atoms with Crippen molar-refractivity contribution in [3.05, 3.63) is 77.4 Å². The van der Waals surface area contributed by atoms with Crippen LogP contribution in [-0.2, 0) is 25.7 Å². The van der Waals surface area contributed by atoms with Crippen molar-refractivity contribution < 1.29 is 33.9 Å². The fraction of sp³-hybridized carbons (Fsp3) is 0.472. The molecule has 47 heavy (non-hydrogen) atoms. The first-order valence-corrected chi connectivity index (χ1v) is 16.6. The first kappa shape index (κ1) is 35.3. The summed E-state index contributed by atoms with van der Waals surface area (Å²) in [5.74, 6) is -0.301. The normalized spacial score (nSPS) is 19.6. The molecule has 1 aliphatic carbocycles. The molecular formula is C36H46N4O7. The number of nitrogens with zero attached hydrogens (tertiary/aromatic N) is 2. The van der Waals surface area contributed by atoms with E-state index in [0.717, 1.165) is 56.1 Å². The van der Waals surface area contributed by atoms with Crippen LogP contribution < -0.4 is 15.6 Å². The quantitative estimate of drug-likeness (QED) is 0.0641. The van der Waals surface area contributed by atoms with E-state index in [2.05, 4.69) is 10.5 Å². The molecule has 4 rings (SSSR count). The molecule has 3 N–H and O–H groups in total. The third-order valence-electron chi connectivity index (χ3n) is 8.38. The maximum Gasteiger partial charge on any atom is 0.306 e. The highest BCUT2D eigenvalue weighted by Crippen LogP contribution is 2.29. The van der Waals surface area contributed by atoms with Gasteiger partial charge in [-0.1, -0.05) is 61.7 Å². The lowest BCUT2D eigenvalue weighted by atomic mass is 9.90. The van der Waals surface area contributed by atoms with Crippen LogP contribution in [0, 0.1) is 0 Å². The molecule has 2 atom stereocenters. The Morgan fingerprint density at radius 1 is 0.979 bits per heavy atom. The second kappa shape index (κ2) is 19.2. The smallest absolute Gasteiger partial charge is 0.306 e. The Hall–Kier alpha value is -4.51. The number of carbonyl (C=O) groups excluding carboxylic acids is 4. The van der Waals surface area contributed by atoms with Gasteiger partial charge in [-0.3, -0.25) is 24.4 Å². The lowest BCUT2D eigenvalue weighted by molar-refractivity contribution is -0.159. The van der Waals surface area contributed by atoms with Gasteiger partial charge in [-0.25, -0.2) is 10.9 Å². The average molecular weight is 647 g/mol. The number of fused-ring (bicyclic) bond motifs is 1. The molecule has 0 aromatic heterocycles. The molecule has 2 aliphatic rings. The Labute approximate surface area is 276 Å². The van der Waals surface area contributed by atoms with E-state index in [1.54, 1.807) is 36.0 Å². The molecule has 0 spiro atoms. The lowest BCUT2D eigenvalue weighted by Crippen LogP contribution is -2.49. The minimum absolute atomic E-state index is 0.0630. The number of hydrazone groups is 1. The highest BCUT2D eigenvalue weighted by molar-refractivity contribution is 5.95. The zero-order chi connectivity index (χ0) is 33.3. The Morgan fingerprint density at radius 2 is 1.74 bits per heavy atom. The predicted molar refractivity (Wildman–Crippen MR) is 177 cm³/mol. The number of allylic oxidation sites excluding steroid dienone is 2. The van der Waals surface area contributed by atoms with Crippen molar-refractivity contribution in [2.75, 3.05) is 6.61 Å². The molecule has 1 fully saturated rings. The number of amides is 3. The number of nitrogens with one attached hydrogen (secondary N) is 2. The van der Waals surface area contributed by atoms with Gasteiger partial charge in [0.2, 0.25) is 11.8 Å². The first-order chi connectivity index (χ1) is 22.9. The predicted octanol–water partition coefficient (Wildman–Crippen LogP) is 5.60. The van der Waals surface area contributed by atoms with Crippen LogP contribution in [0.25, 0.3) is 0 Å². The van der Waals surface area contributed by atoms with Crippen molar-refractivity contribution >= 4 is 29.9 Å². The zero-order valence-electron chi connectivity index (χ0n) is 26.9. The first-order valence-electron chi connectivity index (χ1n) is 16.6. The Bertz CT molecular complexity index is 1390. The summed E-state index contributed by atoms with van der Waals surface area (Å²) in [6.07, 6.45) is 14.4. The van der Waals surface area contributed by atoms with Crippen molar-refractivity contribution in [2.24, 2.45) is 5.10 Å². The van der Waals surface area contributed by atoms with Gasteiger partial charge in [-0.05, 0) is 74.3 Å². The van der Waals surface area contributed by atoms with Crippen LogP contribution in [-0.4, -0.2) is 58.8 Å². The van der Waals surface area contributed by atoms with E-state index >= 15 is 0 Å². The van der Waals surface area contributed by atoms with E-state index < -0.39 is 0 Å². The molecular weight excluding hydrogens is 600 g/mol. The number of benzene rings is 2. The molecule has 0 unspecified atom stereocenters. The third-order valence-corrected chi connectivity index (χ3v) is 8.38. The number of ether oxygens (including phenoxy) is 2. The van der Waals surface area contributed by atoms with Gasteiger partial charge in [-0.2, -0.15) is 5.10 Å². The lowest BCUT2D eigenvalue weighted by Gasteiger charge is -2.39. The van der Waals surface area contributed by atoms with Crippen molar-refractivity contribution in [3.8, 4) is 5.75 Å². The Morgan fingerprint density at radius 3 is 2.55 bits per heavy atom. The number of esters is 1. The maximum atomic E-state index is 13.4. The molecule has 1 saturated carbocycles. The van der Waals surface area contributed by atoms with Gasteiger partial charge in [-0.15, -0.1) is 0 Å². The van der Waals surface area contributed by atoms with E-state index in [4.69, 9.17) is 14.7 Å². The number of hydrogen-bond donors (Lipinski definition) is 3. The van der Waals surface area contributed by atoms with Crippen LogP contribution in [0.4, 0.5) is 0 Å². The van der Waals surface area contributed by atoms with Gasteiger partial charge in [0.1, 0.15) is 11.9 Å². The summed E-state index contributed by atoms with van der Waals surface area (Å²) in [5, 5.41) is 12.6. The highest BCUT2D eigenvalue weighted by atomic mass is 16.5. The van der Waals surface area contributed by atoms with Crippen molar-refractivity contribution in [1.82, 2.24) is 15.8 Å². The van der Waals surface area contributed by atoms with Crippen LogP contribution in [0.3, 0.4) is 0 Å². The fourth-order valence-electron chi connectivity index (χ4n) is 5.83. The highest BCUT2D eigenvalue weighted by Gasteiger charge is 2.35. The molecule has 3 amide bonds. The second-order valence-corrected chi connectivity index (χ2v) is 12.0. The molecule has 1 heterocycles. The van der Waals surface area contributed by atoms with Crippen LogP contribution >= 0.6 is 0 Å². The second-order valence-electron chi connectivity index (χ2n) is 12.0. The minimum Gasteiger partial charge on any atom is -0.494 e. The zero-order valence-corrected chi connectivity index (χ0v) is 26.9. The van der Waals surface area contributed by atoms with Gasteiger partial charge < -0.3 is 14.4 Å². The number of rotatable bonds is 13. The molecule has 2 aromatic carbocycles. The van der Waals surface area contributed by atoms with Gasteiger partial charge in [0, 0.05) is 31.4 Å². The fourth-order valence-corrected chi connectivity index (χ4v) is 5.83. The molecule has 252 valence electrons. The molecule has 11 nitrogen and oxygen atoms in total. The molecule has 0 bridgehead atoms. The molecule has 2 aromatic rings. The number of unbranched alkanes of at least 4 members (excludes halogenated alkanes) is 3. The van der Waals surface area contributed by atoms with Crippen LogP contribution in [0.5, 0.6) is 5.75 Å². The van der Waals surface area contributed by atoms with Crippen LogP contribution in [0.2, 0.25) is 0 Å². The summed E-state index contributed by atoms with van der Waals surface area (Å²) >= 11 is 0. The summed E-state index contributed by atoms with van der Waals surface area (Å²) < 4.78 is 11.6. The minimum atomic E-state index is -0.380. The Balaban J connectivity index is 1.27. The summed E-state index contributed by atoms with van der Waals surface area (Å²) in [7, 11) is 0. The summed E-state index contributed by atoms with van der Waals surface area (Å²) in [4.78, 5) is 51.4. The molecule has 0 saturated heterocycles. The Kier molecular flexibility index (Phi) is 14.5. The van der Waals surface area contributed by atoms with Crippen molar-refractivity contribution in [1.29, 1.82) is 0 Å². The van der Waals surface area contributed by atoms with E-state index in [0.29, 0.717) is 63.0 Å². The maximum absolute atomic E-state index is 13.4. The SMILES string of the molecule is O=C(CCCCCCOc1cccc(C(=O)N/N=C/c2ccc(CN3C(=O)CC/C=C/CCC(=O)O[C@@H]4CCCC[C@H]43)cc2)c1)NO. The summed E-state index contributed by atoms with van der Waals surface area (Å²) in [6, 6.07) is 14.4. The largest absolute Gasteiger partial charge is 0.494 e. The average Bonchev–Trinajstić information content (AvgIpc) is 3.08. The molecule has 0 radical (unpaired) electrons. The third kappa shape index (κ3) is 12.0. The van der Waals surface area contributed by atoms with E-state index in [1.165, 1.54) is 0 Å². The van der Waals surface area contributed by atoms with Gasteiger partial charge in [0.25, 0.3) is 5.91 Å². The van der Waals surface area contributed by atoms with E-state index in [9.17, 15) is 19.2 Å². The summed E-state index contributed by atoms with van der Waals surface area (Å²) in [6.45, 7) is 0.917. The van der Waals surface area contributed by atoms with Crippen LogP contribution in [0.1, 0.15) is 105 Å². The van der Waals surface area contributed by atoms with Gasteiger partial charge >= 0.3 is 5.97 Å². The van der Waals surface area contributed by atoms with Crippen molar-refractivity contribution in [2.45, 2.75) is 102 Å². The molecule has 11 heteroatoms.